The normalized spacial score (nSPS) is 28.3. The number of hydrogen-bond donors (Lipinski definition) is 1. The summed E-state index contributed by atoms with van der Waals surface area (Å²) >= 11 is 0. The van der Waals surface area contributed by atoms with E-state index in [4.69, 9.17) is 4.74 Å². The van der Waals surface area contributed by atoms with Gasteiger partial charge < -0.3 is 10.1 Å². The second kappa shape index (κ2) is 3.44. The lowest BCUT2D eigenvalue weighted by atomic mass is 9.78. The number of nitrogens with one attached hydrogen (secondary N) is 1. The molecule has 0 spiro atoms. The molecule has 1 aliphatic heterocycles. The van der Waals surface area contributed by atoms with Gasteiger partial charge in [0.25, 0.3) is 0 Å². The first-order valence-corrected chi connectivity index (χ1v) is 4.55. The van der Waals surface area contributed by atoms with Crippen LogP contribution in [0.1, 0.15) is 27.2 Å². The highest BCUT2D eigenvalue weighted by Gasteiger charge is 2.47. The van der Waals surface area contributed by atoms with Gasteiger partial charge in [0.15, 0.2) is 0 Å². The smallest absolute Gasteiger partial charge is 0.326 e. The van der Waals surface area contributed by atoms with Crippen molar-refractivity contribution < 1.29 is 9.53 Å². The summed E-state index contributed by atoms with van der Waals surface area (Å²) in [5, 5.41) is 3.17. The van der Waals surface area contributed by atoms with E-state index in [1.54, 1.807) is 0 Å². The second-order valence-corrected chi connectivity index (χ2v) is 3.52. The molecule has 12 heavy (non-hydrogen) atoms. The van der Waals surface area contributed by atoms with Crippen molar-refractivity contribution in [2.45, 2.75) is 32.7 Å². The predicted molar refractivity (Wildman–Crippen MR) is 46.8 cm³/mol. The van der Waals surface area contributed by atoms with Crippen molar-refractivity contribution in [1.82, 2.24) is 5.32 Å². The van der Waals surface area contributed by atoms with Crippen molar-refractivity contribution in [2.75, 3.05) is 13.2 Å². The fraction of sp³-hybridized carbons (Fsp3) is 0.889. The lowest BCUT2D eigenvalue weighted by molar-refractivity contribution is -0.157. The Labute approximate surface area is 73.5 Å². The first-order chi connectivity index (χ1) is 5.63. The third-order valence-corrected chi connectivity index (χ3v) is 2.59. The van der Waals surface area contributed by atoms with E-state index < -0.39 is 0 Å². The first-order valence-electron chi connectivity index (χ1n) is 4.55. The van der Waals surface area contributed by atoms with Crippen LogP contribution in [0.3, 0.4) is 0 Å². The van der Waals surface area contributed by atoms with E-state index in [0.717, 1.165) is 13.0 Å². The maximum absolute atomic E-state index is 11.5. The lowest BCUT2D eigenvalue weighted by Crippen LogP contribution is -2.66. The quantitative estimate of drug-likeness (QED) is 0.642. The molecule has 0 bridgehead atoms. The van der Waals surface area contributed by atoms with Gasteiger partial charge in [-0.05, 0) is 25.8 Å². The molecule has 70 valence electrons. The van der Waals surface area contributed by atoms with Crippen molar-refractivity contribution in [3.05, 3.63) is 0 Å². The van der Waals surface area contributed by atoms with Crippen LogP contribution in [0.15, 0.2) is 0 Å². The van der Waals surface area contributed by atoms with E-state index in [0.29, 0.717) is 12.5 Å². The van der Waals surface area contributed by atoms with Gasteiger partial charge in [0.2, 0.25) is 0 Å². The second-order valence-electron chi connectivity index (χ2n) is 3.52. The Morgan fingerprint density at radius 1 is 1.67 bits per heavy atom. The molecule has 0 saturated carbocycles. The zero-order valence-corrected chi connectivity index (χ0v) is 8.02. The van der Waals surface area contributed by atoms with E-state index >= 15 is 0 Å². The summed E-state index contributed by atoms with van der Waals surface area (Å²) in [6.45, 7) is 7.32. The average molecular weight is 171 g/mol. The van der Waals surface area contributed by atoms with Crippen LogP contribution in [-0.4, -0.2) is 24.7 Å². The summed E-state index contributed by atoms with van der Waals surface area (Å²) in [5.74, 6) is 0.219. The van der Waals surface area contributed by atoms with Crippen molar-refractivity contribution >= 4 is 5.97 Å². The summed E-state index contributed by atoms with van der Waals surface area (Å²) in [7, 11) is 0. The average Bonchev–Trinajstić information content (AvgIpc) is 1.83. The molecule has 1 heterocycles. The number of hydrogen-bond acceptors (Lipinski definition) is 3. The molecule has 0 aliphatic carbocycles. The van der Waals surface area contributed by atoms with E-state index in [-0.39, 0.29) is 11.5 Å². The van der Waals surface area contributed by atoms with Crippen LogP contribution < -0.4 is 5.32 Å². The van der Waals surface area contributed by atoms with Crippen molar-refractivity contribution in [2.24, 2.45) is 5.92 Å². The molecule has 3 nitrogen and oxygen atoms in total. The Balaban J connectivity index is 2.60. The summed E-state index contributed by atoms with van der Waals surface area (Å²) in [5.41, 5.74) is -0.379. The molecular formula is C9H17NO2. The fourth-order valence-electron chi connectivity index (χ4n) is 1.56. The maximum atomic E-state index is 11.5. The SMILES string of the molecule is CCOC(=O)[C@@]1(C(C)C)CCN1. The minimum absolute atomic E-state index is 0.0914. The fourth-order valence-corrected chi connectivity index (χ4v) is 1.56. The standard InChI is InChI=1S/C9H17NO2/c1-4-12-8(11)9(7(2)3)5-6-10-9/h7,10H,4-6H2,1-3H3/t9-/m0/s1. The molecule has 1 saturated heterocycles. The molecular weight excluding hydrogens is 154 g/mol. The molecule has 3 heteroatoms. The van der Waals surface area contributed by atoms with Crippen molar-refractivity contribution in [3.63, 3.8) is 0 Å². The number of rotatable bonds is 3. The van der Waals surface area contributed by atoms with Gasteiger partial charge in [-0.2, -0.15) is 0 Å². The zero-order chi connectivity index (χ0) is 9.19. The van der Waals surface area contributed by atoms with E-state index in [1.165, 1.54) is 0 Å². The number of carbonyl (C=O) groups excluding carboxylic acids is 1. The molecule has 0 aromatic heterocycles. The molecule has 1 N–H and O–H groups in total. The molecule has 1 fully saturated rings. The van der Waals surface area contributed by atoms with E-state index in [9.17, 15) is 4.79 Å². The van der Waals surface area contributed by atoms with Gasteiger partial charge in [0.1, 0.15) is 5.54 Å². The summed E-state index contributed by atoms with van der Waals surface area (Å²) in [4.78, 5) is 11.5. The van der Waals surface area contributed by atoms with Gasteiger partial charge in [-0.15, -0.1) is 0 Å². The van der Waals surface area contributed by atoms with Gasteiger partial charge >= 0.3 is 5.97 Å². The molecule has 0 radical (unpaired) electrons. The van der Waals surface area contributed by atoms with Gasteiger partial charge in [0, 0.05) is 0 Å². The number of carbonyl (C=O) groups is 1. The Bertz CT molecular complexity index is 173. The van der Waals surface area contributed by atoms with Gasteiger partial charge in [0.05, 0.1) is 6.61 Å². The highest BCUT2D eigenvalue weighted by atomic mass is 16.5. The van der Waals surface area contributed by atoms with Crippen LogP contribution in [0.5, 0.6) is 0 Å². The Morgan fingerprint density at radius 3 is 2.50 bits per heavy atom. The monoisotopic (exact) mass is 171 g/mol. The van der Waals surface area contributed by atoms with Gasteiger partial charge in [-0.3, -0.25) is 4.79 Å². The largest absolute Gasteiger partial charge is 0.465 e. The molecule has 0 unspecified atom stereocenters. The predicted octanol–water partition coefficient (Wildman–Crippen LogP) is 0.938. The minimum Gasteiger partial charge on any atom is -0.465 e. The van der Waals surface area contributed by atoms with E-state index in [2.05, 4.69) is 5.32 Å². The molecule has 0 aromatic carbocycles. The van der Waals surface area contributed by atoms with Crippen LogP contribution in [-0.2, 0) is 9.53 Å². The van der Waals surface area contributed by atoms with Gasteiger partial charge in [-0.1, -0.05) is 13.8 Å². The summed E-state index contributed by atoms with van der Waals surface area (Å²) in [6, 6.07) is 0. The highest BCUT2D eigenvalue weighted by Crippen LogP contribution is 2.28. The van der Waals surface area contributed by atoms with Crippen LogP contribution >= 0.6 is 0 Å². The summed E-state index contributed by atoms with van der Waals surface area (Å²) in [6.07, 6.45) is 0.906. The molecule has 1 rings (SSSR count). The number of esters is 1. The molecule has 1 atom stereocenters. The third-order valence-electron chi connectivity index (χ3n) is 2.59. The van der Waals surface area contributed by atoms with Crippen molar-refractivity contribution in [3.8, 4) is 0 Å². The lowest BCUT2D eigenvalue weighted by Gasteiger charge is -2.43. The Morgan fingerprint density at radius 2 is 2.25 bits per heavy atom. The zero-order valence-electron chi connectivity index (χ0n) is 8.02. The van der Waals surface area contributed by atoms with Crippen LogP contribution in [0.2, 0.25) is 0 Å². The van der Waals surface area contributed by atoms with Crippen LogP contribution in [0.25, 0.3) is 0 Å². The first kappa shape index (κ1) is 9.52. The maximum Gasteiger partial charge on any atom is 0.326 e. The van der Waals surface area contributed by atoms with Crippen LogP contribution in [0.4, 0.5) is 0 Å². The summed E-state index contributed by atoms with van der Waals surface area (Å²) < 4.78 is 5.01. The number of ether oxygens (including phenoxy) is 1. The van der Waals surface area contributed by atoms with E-state index in [1.807, 2.05) is 20.8 Å². The van der Waals surface area contributed by atoms with Crippen molar-refractivity contribution in [1.29, 1.82) is 0 Å². The topological polar surface area (TPSA) is 38.3 Å². The molecule has 0 aromatic rings. The Kier molecular flexibility index (Phi) is 2.73. The van der Waals surface area contributed by atoms with Crippen LogP contribution in [0, 0.1) is 5.92 Å². The Hall–Kier alpha value is -0.570. The molecule has 1 aliphatic rings. The molecule has 0 amide bonds. The van der Waals surface area contributed by atoms with Gasteiger partial charge in [-0.25, -0.2) is 0 Å². The third kappa shape index (κ3) is 1.33. The minimum atomic E-state index is -0.379. The highest BCUT2D eigenvalue weighted by molar-refractivity contribution is 5.82.